The number of hydrogen-bond donors (Lipinski definition) is 0. The topological polar surface area (TPSA) is 17.1 Å². The van der Waals surface area contributed by atoms with Crippen molar-refractivity contribution in [2.45, 2.75) is 10.6 Å². The van der Waals surface area contributed by atoms with Gasteiger partial charge >= 0.3 is 74.3 Å². The number of halogens is 1. The zero-order chi connectivity index (χ0) is 7.84. The maximum atomic E-state index is 11.2. The van der Waals surface area contributed by atoms with E-state index in [4.69, 9.17) is 11.6 Å². The van der Waals surface area contributed by atoms with E-state index in [1.807, 2.05) is 18.2 Å². The van der Waals surface area contributed by atoms with Crippen molar-refractivity contribution in [2.24, 2.45) is 0 Å². The minimum atomic E-state index is -1.54. The van der Waals surface area contributed by atoms with Gasteiger partial charge in [0, 0.05) is 0 Å². The summed E-state index contributed by atoms with van der Waals surface area (Å²) >= 11 is 4.24. The molecule has 0 aliphatic carbocycles. The molecule has 0 amide bonds. The van der Waals surface area contributed by atoms with Gasteiger partial charge in [-0.1, -0.05) is 0 Å². The molecule has 0 bridgehead atoms. The first-order valence-corrected chi connectivity index (χ1v) is 6.88. The summed E-state index contributed by atoms with van der Waals surface area (Å²) in [5.74, 6) is 0. The van der Waals surface area contributed by atoms with Crippen LogP contribution < -0.4 is 0 Å². The second-order valence-corrected chi connectivity index (χ2v) is 6.13. The molecule has 1 unspecified atom stereocenters. The molecule has 0 fully saturated rings. The Morgan fingerprint density at radius 3 is 2.82 bits per heavy atom. The van der Waals surface area contributed by atoms with Gasteiger partial charge in [-0.2, -0.15) is 0 Å². The van der Waals surface area contributed by atoms with Gasteiger partial charge in [0.15, 0.2) is 0 Å². The second-order valence-electron chi connectivity index (χ2n) is 2.64. The van der Waals surface area contributed by atoms with Gasteiger partial charge in [0.25, 0.3) is 0 Å². The maximum absolute atomic E-state index is 11.2. The molecule has 1 aromatic carbocycles. The van der Waals surface area contributed by atoms with Crippen LogP contribution in [-0.4, -0.2) is 13.8 Å². The van der Waals surface area contributed by atoms with Gasteiger partial charge in [-0.25, -0.2) is 0 Å². The molecule has 1 aromatic rings. The molecule has 1 atom stereocenters. The van der Waals surface area contributed by atoms with Crippen LogP contribution in [0.25, 0.3) is 0 Å². The van der Waals surface area contributed by atoms with Gasteiger partial charge in [-0.3, -0.25) is 0 Å². The van der Waals surface area contributed by atoms with Gasteiger partial charge in [-0.05, 0) is 0 Å². The van der Waals surface area contributed by atoms with E-state index in [-0.39, 0.29) is 0 Å². The summed E-state index contributed by atoms with van der Waals surface area (Å²) in [6, 6.07) is 5.78. The van der Waals surface area contributed by atoms with Crippen molar-refractivity contribution in [2.75, 3.05) is 0 Å². The Balaban J connectivity index is 2.51. The molecule has 0 saturated carbocycles. The summed E-state index contributed by atoms with van der Waals surface area (Å²) in [5, 5.41) is 2.33. The van der Waals surface area contributed by atoms with Crippen LogP contribution in [-0.2, 0) is 14.5 Å². The van der Waals surface area contributed by atoms with Crippen LogP contribution in [0.4, 0.5) is 0 Å². The van der Waals surface area contributed by atoms with E-state index in [1.54, 1.807) is 0 Å². The van der Waals surface area contributed by atoms with Crippen molar-refractivity contribution >= 4 is 25.4 Å². The van der Waals surface area contributed by atoms with Crippen molar-refractivity contribution in [3.05, 3.63) is 34.3 Å². The predicted molar refractivity (Wildman–Crippen MR) is 45.3 cm³/mol. The predicted octanol–water partition coefficient (Wildman–Crippen LogP) is 1.94. The van der Waals surface area contributed by atoms with Gasteiger partial charge in [-0.15, -0.1) is 0 Å². The molecule has 11 heavy (non-hydrogen) atoms. The zero-order valence-electron chi connectivity index (χ0n) is 5.84. The van der Waals surface area contributed by atoms with Gasteiger partial charge < -0.3 is 0 Å². The molecule has 0 aromatic heterocycles. The molecular weight excluding hydrogens is 226 g/mol. The standard InChI is InChI=1S/C8H7ClOSe/c9-8-2-1-6-4-11(10)5-7(6)3-8/h1-3H,4-5H2. The first-order chi connectivity index (χ1) is 5.25. The molecule has 2 rings (SSSR count). The minimum absolute atomic E-state index is 0.754. The Hall–Kier alpha value is -0.171. The van der Waals surface area contributed by atoms with E-state index in [2.05, 4.69) is 0 Å². The Morgan fingerprint density at radius 2 is 2.00 bits per heavy atom. The van der Waals surface area contributed by atoms with E-state index < -0.39 is 13.8 Å². The van der Waals surface area contributed by atoms with Gasteiger partial charge in [0.1, 0.15) is 0 Å². The molecule has 1 aliphatic rings. The molecule has 1 nitrogen and oxygen atoms in total. The third kappa shape index (κ3) is 1.39. The molecule has 0 radical (unpaired) electrons. The van der Waals surface area contributed by atoms with Crippen LogP contribution >= 0.6 is 11.6 Å². The summed E-state index contributed by atoms with van der Waals surface area (Å²) in [7, 11) is 0. The number of rotatable bonds is 0. The van der Waals surface area contributed by atoms with Crippen molar-refractivity contribution in [1.29, 1.82) is 0 Å². The molecule has 58 valence electrons. The summed E-state index contributed by atoms with van der Waals surface area (Å²) in [4.78, 5) is 0. The van der Waals surface area contributed by atoms with Gasteiger partial charge in [0.2, 0.25) is 0 Å². The first-order valence-electron chi connectivity index (χ1n) is 3.38. The van der Waals surface area contributed by atoms with Crippen LogP contribution in [0.1, 0.15) is 11.1 Å². The van der Waals surface area contributed by atoms with Crippen LogP contribution in [0.15, 0.2) is 18.2 Å². The number of hydrogen-bond acceptors (Lipinski definition) is 1. The normalized spacial score (nSPS) is 21.7. The Bertz CT molecular complexity index is 322. The Morgan fingerprint density at radius 1 is 1.27 bits per heavy atom. The molecule has 0 saturated heterocycles. The fourth-order valence-corrected chi connectivity index (χ4v) is 4.29. The van der Waals surface area contributed by atoms with Crippen LogP contribution in [0, 0.1) is 0 Å². The van der Waals surface area contributed by atoms with E-state index in [9.17, 15) is 3.83 Å². The fourth-order valence-electron chi connectivity index (χ4n) is 1.27. The zero-order valence-corrected chi connectivity index (χ0v) is 8.31. The van der Waals surface area contributed by atoms with Crippen molar-refractivity contribution in [3.63, 3.8) is 0 Å². The SMILES string of the molecule is O=[Se]1Cc2ccc(Cl)cc2C1. The number of fused-ring (bicyclic) bond motifs is 1. The van der Waals surface area contributed by atoms with E-state index in [0.717, 1.165) is 15.7 Å². The summed E-state index contributed by atoms with van der Waals surface area (Å²) < 4.78 is 11.2. The molecule has 0 spiro atoms. The van der Waals surface area contributed by atoms with Crippen LogP contribution in [0.2, 0.25) is 5.02 Å². The Labute approximate surface area is 74.5 Å². The third-order valence-corrected chi connectivity index (χ3v) is 4.69. The summed E-state index contributed by atoms with van der Waals surface area (Å²) in [5.41, 5.74) is 2.42. The monoisotopic (exact) mass is 234 g/mol. The van der Waals surface area contributed by atoms with Crippen molar-refractivity contribution < 1.29 is 3.83 Å². The average Bonchev–Trinajstić information content (AvgIpc) is 2.27. The van der Waals surface area contributed by atoms with Gasteiger partial charge in [0.05, 0.1) is 0 Å². The molecule has 1 aliphatic heterocycles. The summed E-state index contributed by atoms with van der Waals surface area (Å²) in [6.45, 7) is 0. The molecule has 0 N–H and O–H groups in total. The van der Waals surface area contributed by atoms with Crippen LogP contribution in [0.5, 0.6) is 0 Å². The molecule has 3 heteroatoms. The third-order valence-electron chi connectivity index (χ3n) is 1.80. The fraction of sp³-hybridized carbons (Fsp3) is 0.250. The quantitative estimate of drug-likeness (QED) is 0.626. The Kier molecular flexibility index (Phi) is 1.84. The first kappa shape index (κ1) is 7.48. The molecule has 1 heterocycles. The van der Waals surface area contributed by atoms with E-state index >= 15 is 0 Å². The number of benzene rings is 1. The summed E-state index contributed by atoms with van der Waals surface area (Å²) in [6.07, 6.45) is 0. The second kappa shape index (κ2) is 2.71. The average molecular weight is 234 g/mol. The van der Waals surface area contributed by atoms with E-state index in [1.165, 1.54) is 11.1 Å². The molecular formula is C8H7ClOSe. The van der Waals surface area contributed by atoms with Crippen molar-refractivity contribution in [3.8, 4) is 0 Å². The van der Waals surface area contributed by atoms with E-state index in [0.29, 0.717) is 0 Å². The van der Waals surface area contributed by atoms with Crippen molar-refractivity contribution in [1.82, 2.24) is 0 Å². The van der Waals surface area contributed by atoms with Crippen LogP contribution in [0.3, 0.4) is 0 Å².